The first kappa shape index (κ1) is 35.4. The summed E-state index contributed by atoms with van der Waals surface area (Å²) in [6.07, 6.45) is -0.343. The van der Waals surface area contributed by atoms with Crippen molar-refractivity contribution in [2.45, 2.75) is 78.6 Å². The Morgan fingerprint density at radius 2 is 1.49 bits per heavy atom. The second-order valence-electron chi connectivity index (χ2n) is 11.6. The zero-order valence-electron chi connectivity index (χ0n) is 24.9. The molecule has 1 N–H and O–H groups in total. The Bertz CT molecular complexity index is 1180. The highest BCUT2D eigenvalue weighted by atomic mass is 35.5. The Morgan fingerprint density at radius 3 is 2.02 bits per heavy atom. The summed E-state index contributed by atoms with van der Waals surface area (Å²) in [4.78, 5) is 51.5. The summed E-state index contributed by atoms with van der Waals surface area (Å²) in [5.41, 5.74) is 0.968. The Balaban J connectivity index is 0.00000840. The van der Waals surface area contributed by atoms with Crippen LogP contribution >= 0.6 is 12.4 Å². The van der Waals surface area contributed by atoms with Gasteiger partial charge in [-0.05, 0) is 83.2 Å². The van der Waals surface area contributed by atoms with Crippen LogP contribution in [0.1, 0.15) is 75.0 Å². The lowest BCUT2D eigenvalue weighted by atomic mass is 9.91. The molecular formula is C31H42ClNO8. The zero-order chi connectivity index (χ0) is 30.1. The van der Waals surface area contributed by atoms with Crippen molar-refractivity contribution in [3.05, 3.63) is 70.8 Å². The maximum atomic E-state index is 13.2. The molecule has 0 heterocycles. The molecule has 0 aromatic heterocycles. The van der Waals surface area contributed by atoms with Gasteiger partial charge in [0.05, 0.1) is 25.0 Å². The van der Waals surface area contributed by atoms with Crippen molar-refractivity contribution in [1.29, 1.82) is 0 Å². The summed E-state index contributed by atoms with van der Waals surface area (Å²) in [5.74, 6) is -3.49. The molecule has 10 heteroatoms. The van der Waals surface area contributed by atoms with Crippen LogP contribution in [0.15, 0.2) is 48.5 Å². The number of carbonyl (C=O) groups excluding carboxylic acids is 3. The van der Waals surface area contributed by atoms with Crippen LogP contribution in [0.2, 0.25) is 0 Å². The number of amides is 1. The third-order valence-electron chi connectivity index (χ3n) is 5.82. The van der Waals surface area contributed by atoms with Crippen molar-refractivity contribution in [3.8, 4) is 0 Å². The van der Waals surface area contributed by atoms with E-state index in [4.69, 9.17) is 9.47 Å². The van der Waals surface area contributed by atoms with Crippen molar-refractivity contribution >= 4 is 36.4 Å². The minimum Gasteiger partial charge on any atom is -0.481 e. The number of methoxy groups -OCH3 is 1. The lowest BCUT2D eigenvalue weighted by Gasteiger charge is -2.28. The van der Waals surface area contributed by atoms with Crippen molar-refractivity contribution < 1.29 is 38.5 Å². The van der Waals surface area contributed by atoms with Gasteiger partial charge >= 0.3 is 24.0 Å². The number of halogens is 1. The fourth-order valence-electron chi connectivity index (χ4n) is 3.91. The minimum atomic E-state index is -1.17. The smallest absolute Gasteiger partial charge is 0.410 e. The molecule has 0 fully saturated rings. The van der Waals surface area contributed by atoms with E-state index in [2.05, 4.69) is 4.74 Å². The van der Waals surface area contributed by atoms with Crippen LogP contribution < -0.4 is 0 Å². The first-order valence-corrected chi connectivity index (χ1v) is 13.2. The van der Waals surface area contributed by atoms with Gasteiger partial charge in [-0.3, -0.25) is 9.59 Å². The van der Waals surface area contributed by atoms with Gasteiger partial charge in [-0.25, -0.2) is 9.59 Å². The van der Waals surface area contributed by atoms with Crippen LogP contribution in [-0.2, 0) is 43.2 Å². The van der Waals surface area contributed by atoms with Crippen molar-refractivity contribution in [2.24, 2.45) is 5.92 Å². The van der Waals surface area contributed by atoms with Crippen molar-refractivity contribution in [2.75, 3.05) is 13.7 Å². The summed E-state index contributed by atoms with van der Waals surface area (Å²) in [6, 6.07) is 14.6. The fraction of sp³-hybridized carbons (Fsp3) is 0.484. The largest absolute Gasteiger partial charge is 0.481 e. The molecule has 0 bridgehead atoms. The van der Waals surface area contributed by atoms with E-state index in [9.17, 15) is 24.3 Å². The summed E-state index contributed by atoms with van der Waals surface area (Å²) >= 11 is 0. The zero-order valence-corrected chi connectivity index (χ0v) is 25.7. The summed E-state index contributed by atoms with van der Waals surface area (Å²) in [5, 5.41) is 9.83. The van der Waals surface area contributed by atoms with Gasteiger partial charge in [0.2, 0.25) is 0 Å². The van der Waals surface area contributed by atoms with Crippen LogP contribution in [-0.4, -0.2) is 58.9 Å². The average Bonchev–Trinajstić information content (AvgIpc) is 2.85. The minimum absolute atomic E-state index is 0. The van der Waals surface area contributed by atoms with Gasteiger partial charge < -0.3 is 24.2 Å². The van der Waals surface area contributed by atoms with Crippen LogP contribution in [0.25, 0.3) is 0 Å². The van der Waals surface area contributed by atoms with E-state index in [0.29, 0.717) is 24.1 Å². The predicted octanol–water partition coefficient (Wildman–Crippen LogP) is 5.85. The number of esters is 2. The number of hydrogen-bond acceptors (Lipinski definition) is 7. The van der Waals surface area contributed by atoms with Gasteiger partial charge in [0.1, 0.15) is 11.2 Å². The van der Waals surface area contributed by atoms with Gasteiger partial charge in [0, 0.05) is 13.1 Å². The molecule has 9 nitrogen and oxygen atoms in total. The molecule has 2 aromatic carbocycles. The van der Waals surface area contributed by atoms with Crippen molar-refractivity contribution in [3.63, 3.8) is 0 Å². The van der Waals surface area contributed by atoms with Gasteiger partial charge in [-0.1, -0.05) is 36.4 Å². The fourth-order valence-corrected chi connectivity index (χ4v) is 3.91. The molecule has 226 valence electrons. The number of hydrogen-bond donors (Lipinski definition) is 1. The molecule has 1 atom stereocenters. The van der Waals surface area contributed by atoms with Gasteiger partial charge in [-0.15, -0.1) is 12.4 Å². The van der Waals surface area contributed by atoms with Crippen molar-refractivity contribution in [1.82, 2.24) is 4.90 Å². The number of aliphatic carboxylic acids is 1. The molecule has 0 aliphatic rings. The van der Waals surface area contributed by atoms with E-state index >= 15 is 0 Å². The standard InChI is InChI=1S/C31H41NO8.ClH/c1-30(2,3)39-28(36)22-13-14-23(24(17-22)18-25(27(34)35)19-26(33)38-7)20-32(29(37)40-31(4,5)6)16-15-21-11-9-8-10-12-21;/h8-14,17,25H,15-16,18-20H2,1-7H3,(H,34,35);1H. The predicted molar refractivity (Wildman–Crippen MR) is 157 cm³/mol. The molecule has 2 rings (SSSR count). The Morgan fingerprint density at radius 1 is 0.878 bits per heavy atom. The second-order valence-corrected chi connectivity index (χ2v) is 11.6. The number of ether oxygens (including phenoxy) is 3. The summed E-state index contributed by atoms with van der Waals surface area (Å²) < 4.78 is 15.8. The third kappa shape index (κ3) is 12.6. The summed E-state index contributed by atoms with van der Waals surface area (Å²) in [7, 11) is 1.20. The number of nitrogens with zero attached hydrogens (tertiary/aromatic N) is 1. The first-order valence-electron chi connectivity index (χ1n) is 13.2. The highest BCUT2D eigenvalue weighted by molar-refractivity contribution is 5.90. The molecule has 0 aliphatic heterocycles. The van der Waals surface area contributed by atoms with Crippen LogP contribution in [0.3, 0.4) is 0 Å². The van der Waals surface area contributed by atoms with Gasteiger partial charge in [0.25, 0.3) is 0 Å². The first-order chi connectivity index (χ1) is 18.6. The van der Waals surface area contributed by atoms with E-state index in [1.165, 1.54) is 7.11 Å². The number of carboxylic acids is 1. The van der Waals surface area contributed by atoms with Crippen LogP contribution in [0.4, 0.5) is 4.79 Å². The molecule has 1 unspecified atom stereocenters. The Hall–Kier alpha value is -3.59. The van der Waals surface area contributed by atoms with Gasteiger partial charge in [-0.2, -0.15) is 0 Å². The van der Waals surface area contributed by atoms with E-state index in [-0.39, 0.29) is 37.4 Å². The molecule has 0 saturated carbocycles. The monoisotopic (exact) mass is 591 g/mol. The molecule has 0 aliphatic carbocycles. The molecule has 0 radical (unpaired) electrons. The highest BCUT2D eigenvalue weighted by Crippen LogP contribution is 2.24. The van der Waals surface area contributed by atoms with Gasteiger partial charge in [0.15, 0.2) is 0 Å². The molecule has 41 heavy (non-hydrogen) atoms. The molecule has 2 aromatic rings. The van der Waals surface area contributed by atoms with E-state index in [0.717, 1.165) is 5.56 Å². The van der Waals surface area contributed by atoms with Crippen LogP contribution in [0.5, 0.6) is 0 Å². The van der Waals surface area contributed by atoms with E-state index < -0.39 is 41.1 Å². The highest BCUT2D eigenvalue weighted by Gasteiger charge is 2.27. The number of carbonyl (C=O) groups is 4. The maximum absolute atomic E-state index is 13.2. The van der Waals surface area contributed by atoms with E-state index in [1.807, 2.05) is 30.3 Å². The number of benzene rings is 2. The number of carboxylic acid groups (broad SMARTS) is 1. The summed E-state index contributed by atoms with van der Waals surface area (Å²) in [6.45, 7) is 11.1. The topological polar surface area (TPSA) is 119 Å². The normalized spacial score (nSPS) is 12.0. The third-order valence-corrected chi connectivity index (χ3v) is 5.82. The quantitative estimate of drug-likeness (QED) is 0.255. The lowest BCUT2D eigenvalue weighted by molar-refractivity contribution is -0.149. The number of rotatable bonds is 11. The van der Waals surface area contributed by atoms with Crippen LogP contribution in [0, 0.1) is 5.92 Å². The molecule has 0 spiro atoms. The molecule has 1 amide bonds. The second kappa shape index (κ2) is 15.4. The molecule has 0 saturated heterocycles. The Labute approximate surface area is 248 Å². The van der Waals surface area contributed by atoms with E-state index in [1.54, 1.807) is 64.6 Å². The molecular weight excluding hydrogens is 550 g/mol. The lowest BCUT2D eigenvalue weighted by Crippen LogP contribution is -2.38. The maximum Gasteiger partial charge on any atom is 0.410 e. The SMILES string of the molecule is COC(=O)CC(Cc1cc(C(=O)OC(C)(C)C)ccc1CN(CCc1ccccc1)C(=O)OC(C)(C)C)C(=O)O.Cl. The average molecular weight is 592 g/mol. The Kier molecular flexibility index (Phi) is 13.3.